The van der Waals surface area contributed by atoms with Crippen molar-refractivity contribution in [3.05, 3.63) is 21.9 Å². The molecule has 0 spiro atoms. The van der Waals surface area contributed by atoms with Gasteiger partial charge in [-0.05, 0) is 18.7 Å². The molecule has 0 aliphatic heterocycles. The van der Waals surface area contributed by atoms with Crippen LogP contribution in [0.3, 0.4) is 0 Å². The van der Waals surface area contributed by atoms with Crippen molar-refractivity contribution in [1.82, 2.24) is 4.90 Å². The summed E-state index contributed by atoms with van der Waals surface area (Å²) in [7, 11) is 0. The minimum Gasteiger partial charge on any atom is -0.395 e. The van der Waals surface area contributed by atoms with E-state index in [4.69, 9.17) is 10.8 Å². The van der Waals surface area contributed by atoms with E-state index in [1.165, 1.54) is 4.88 Å². The number of aliphatic hydroxyl groups excluding tert-OH is 1. The maximum absolute atomic E-state index is 8.89. The van der Waals surface area contributed by atoms with Gasteiger partial charge in [0.2, 0.25) is 0 Å². The van der Waals surface area contributed by atoms with Crippen molar-refractivity contribution in [2.45, 2.75) is 13.5 Å². The zero-order valence-electron chi connectivity index (χ0n) is 9.57. The molecule has 0 saturated carbocycles. The molecule has 0 aromatic carbocycles. The quantitative estimate of drug-likeness (QED) is 0.749. The van der Waals surface area contributed by atoms with E-state index >= 15 is 0 Å². The van der Waals surface area contributed by atoms with Crippen molar-refractivity contribution in [2.24, 2.45) is 5.73 Å². The second-order valence-electron chi connectivity index (χ2n) is 3.36. The molecule has 1 aromatic heterocycles. The number of hydrogen-bond donors (Lipinski definition) is 2. The van der Waals surface area contributed by atoms with Crippen molar-refractivity contribution < 1.29 is 5.11 Å². The van der Waals surface area contributed by atoms with Crippen LogP contribution in [0.2, 0.25) is 0 Å². The van der Waals surface area contributed by atoms with Crippen LogP contribution in [0, 0.1) is 11.8 Å². The molecular formula is C12H18N2OS. The molecule has 3 N–H and O–H groups in total. The molecule has 1 aromatic rings. The Morgan fingerprint density at radius 1 is 1.50 bits per heavy atom. The lowest BCUT2D eigenvalue weighted by molar-refractivity contribution is 0.198. The summed E-state index contributed by atoms with van der Waals surface area (Å²) in [6, 6.07) is 4.11. The van der Waals surface area contributed by atoms with Crippen LogP contribution in [0.5, 0.6) is 0 Å². The summed E-state index contributed by atoms with van der Waals surface area (Å²) in [4.78, 5) is 4.53. The number of nitrogens with two attached hydrogens (primary N) is 1. The van der Waals surface area contributed by atoms with Crippen LogP contribution in [0.4, 0.5) is 0 Å². The average Bonchev–Trinajstić information content (AvgIpc) is 2.73. The van der Waals surface area contributed by atoms with Crippen molar-refractivity contribution in [3.63, 3.8) is 0 Å². The van der Waals surface area contributed by atoms with Crippen molar-refractivity contribution in [3.8, 4) is 11.8 Å². The highest BCUT2D eigenvalue weighted by Crippen LogP contribution is 2.17. The lowest BCUT2D eigenvalue weighted by Crippen LogP contribution is -2.25. The fourth-order valence-electron chi connectivity index (χ4n) is 1.38. The largest absolute Gasteiger partial charge is 0.395 e. The summed E-state index contributed by atoms with van der Waals surface area (Å²) in [5, 5.41) is 8.89. The van der Waals surface area contributed by atoms with Crippen molar-refractivity contribution >= 4 is 11.3 Å². The SMILES string of the molecule is CCN(CCO)Cc1ccc(C#CCN)s1. The Bertz CT molecular complexity index is 365. The Kier molecular flexibility index (Phi) is 6.12. The highest BCUT2D eigenvalue weighted by atomic mass is 32.1. The van der Waals surface area contributed by atoms with Gasteiger partial charge in [-0.25, -0.2) is 0 Å². The molecule has 0 unspecified atom stereocenters. The minimum absolute atomic E-state index is 0.207. The summed E-state index contributed by atoms with van der Waals surface area (Å²) >= 11 is 1.69. The second kappa shape index (κ2) is 7.42. The first kappa shape index (κ1) is 13.2. The minimum atomic E-state index is 0.207. The monoisotopic (exact) mass is 238 g/mol. The average molecular weight is 238 g/mol. The summed E-state index contributed by atoms with van der Waals surface area (Å²) in [6.07, 6.45) is 0. The molecule has 0 amide bonds. The fraction of sp³-hybridized carbons (Fsp3) is 0.500. The van der Waals surface area contributed by atoms with Gasteiger partial charge in [0, 0.05) is 18.0 Å². The molecule has 16 heavy (non-hydrogen) atoms. The standard InChI is InChI=1S/C12H18N2OS/c1-2-14(8-9-15)10-12-6-5-11(16-12)4-3-7-13/h5-6,15H,2,7-10,13H2,1H3. The topological polar surface area (TPSA) is 49.5 Å². The summed E-state index contributed by atoms with van der Waals surface area (Å²) in [5.41, 5.74) is 5.32. The van der Waals surface area contributed by atoms with Crippen molar-refractivity contribution in [2.75, 3.05) is 26.2 Å². The van der Waals surface area contributed by atoms with Gasteiger partial charge in [0.1, 0.15) is 0 Å². The third kappa shape index (κ3) is 4.33. The van der Waals surface area contributed by atoms with Crippen LogP contribution in [-0.2, 0) is 6.54 Å². The molecule has 1 heterocycles. The van der Waals surface area contributed by atoms with Crippen LogP contribution in [0.1, 0.15) is 16.7 Å². The van der Waals surface area contributed by atoms with Gasteiger partial charge in [-0.1, -0.05) is 18.8 Å². The predicted octanol–water partition coefficient (Wildman–Crippen LogP) is 0.873. The van der Waals surface area contributed by atoms with E-state index in [1.54, 1.807) is 11.3 Å². The highest BCUT2D eigenvalue weighted by Gasteiger charge is 2.04. The van der Waals surface area contributed by atoms with E-state index in [0.717, 1.165) is 24.5 Å². The van der Waals surface area contributed by atoms with Gasteiger partial charge in [-0.2, -0.15) is 0 Å². The maximum Gasteiger partial charge on any atom is 0.0772 e. The van der Waals surface area contributed by atoms with E-state index in [-0.39, 0.29) is 6.61 Å². The highest BCUT2D eigenvalue weighted by molar-refractivity contribution is 7.12. The molecule has 0 fully saturated rings. The molecule has 0 radical (unpaired) electrons. The van der Waals surface area contributed by atoms with E-state index < -0.39 is 0 Å². The number of hydrogen-bond acceptors (Lipinski definition) is 4. The van der Waals surface area contributed by atoms with Crippen LogP contribution in [-0.4, -0.2) is 36.2 Å². The molecule has 1 rings (SSSR count). The second-order valence-corrected chi connectivity index (χ2v) is 4.53. The first-order valence-electron chi connectivity index (χ1n) is 5.41. The lowest BCUT2D eigenvalue weighted by atomic mass is 10.4. The zero-order chi connectivity index (χ0) is 11.8. The first-order valence-corrected chi connectivity index (χ1v) is 6.22. The normalized spacial score (nSPS) is 10.2. The number of likely N-dealkylation sites (N-methyl/N-ethyl adjacent to an activating group) is 1. The lowest BCUT2D eigenvalue weighted by Gasteiger charge is -2.17. The molecule has 0 saturated heterocycles. The number of nitrogens with zero attached hydrogens (tertiary/aromatic N) is 1. The van der Waals surface area contributed by atoms with Crippen LogP contribution in [0.25, 0.3) is 0 Å². The van der Waals surface area contributed by atoms with Crippen LogP contribution < -0.4 is 5.73 Å². The van der Waals surface area contributed by atoms with Gasteiger partial charge in [0.05, 0.1) is 18.0 Å². The summed E-state index contributed by atoms with van der Waals surface area (Å²) in [5.74, 6) is 5.87. The van der Waals surface area contributed by atoms with Gasteiger partial charge >= 0.3 is 0 Å². The summed E-state index contributed by atoms with van der Waals surface area (Å²) < 4.78 is 0. The van der Waals surface area contributed by atoms with Crippen LogP contribution >= 0.6 is 11.3 Å². The Labute approximate surface area is 101 Å². The molecule has 4 heteroatoms. The third-order valence-corrected chi connectivity index (χ3v) is 3.20. The van der Waals surface area contributed by atoms with Gasteiger partial charge < -0.3 is 10.8 Å². The molecule has 88 valence electrons. The molecule has 0 aliphatic carbocycles. The van der Waals surface area contributed by atoms with E-state index in [0.29, 0.717) is 6.54 Å². The molecule has 0 atom stereocenters. The smallest absolute Gasteiger partial charge is 0.0772 e. The van der Waals surface area contributed by atoms with Crippen LogP contribution in [0.15, 0.2) is 12.1 Å². The third-order valence-electron chi connectivity index (χ3n) is 2.22. The number of aliphatic hydroxyl groups is 1. The van der Waals surface area contributed by atoms with E-state index in [9.17, 15) is 0 Å². The fourth-order valence-corrected chi connectivity index (χ4v) is 2.30. The van der Waals surface area contributed by atoms with E-state index in [2.05, 4.69) is 29.7 Å². The number of thiophene rings is 1. The number of rotatable bonds is 5. The Hall–Kier alpha value is -0.860. The van der Waals surface area contributed by atoms with Crippen molar-refractivity contribution in [1.29, 1.82) is 0 Å². The van der Waals surface area contributed by atoms with Gasteiger partial charge in [-0.15, -0.1) is 11.3 Å². The Balaban J connectivity index is 2.56. The van der Waals surface area contributed by atoms with Gasteiger partial charge in [0.15, 0.2) is 0 Å². The Morgan fingerprint density at radius 2 is 2.31 bits per heavy atom. The summed E-state index contributed by atoms with van der Waals surface area (Å²) in [6.45, 7) is 5.25. The first-order chi connectivity index (χ1) is 7.80. The van der Waals surface area contributed by atoms with E-state index in [1.807, 2.05) is 6.07 Å². The zero-order valence-corrected chi connectivity index (χ0v) is 10.4. The molecule has 0 bridgehead atoms. The Morgan fingerprint density at radius 3 is 2.94 bits per heavy atom. The molecule has 0 aliphatic rings. The maximum atomic E-state index is 8.89. The van der Waals surface area contributed by atoms with Gasteiger partial charge in [0.25, 0.3) is 0 Å². The molecule has 3 nitrogen and oxygen atoms in total. The predicted molar refractivity (Wildman–Crippen MR) is 68.3 cm³/mol. The molecular weight excluding hydrogens is 220 g/mol. The van der Waals surface area contributed by atoms with Gasteiger partial charge in [-0.3, -0.25) is 4.90 Å².